The highest BCUT2D eigenvalue weighted by molar-refractivity contribution is 7.99. The number of likely N-dealkylation sites (N-methyl/N-ethyl adjacent to an activating group) is 1. The van der Waals surface area contributed by atoms with Crippen LogP contribution >= 0.6 is 11.8 Å². The first-order chi connectivity index (χ1) is 9.67. The van der Waals surface area contributed by atoms with Gasteiger partial charge in [0.25, 0.3) is 0 Å². The lowest BCUT2D eigenvalue weighted by Crippen LogP contribution is -2.43. The normalized spacial score (nSPS) is 19.9. The number of rotatable bonds is 6. The molecule has 1 unspecified atom stereocenters. The zero-order chi connectivity index (χ0) is 14.4. The second-order valence-electron chi connectivity index (χ2n) is 4.91. The Kier molecular flexibility index (Phi) is 5.88. The Bertz CT molecular complexity index is 435. The van der Waals surface area contributed by atoms with E-state index < -0.39 is 5.97 Å². The Morgan fingerprint density at radius 1 is 1.45 bits per heavy atom. The molecular formula is C15H21NO3S. The van der Waals surface area contributed by atoms with Crippen LogP contribution in [-0.2, 0) is 16.0 Å². The van der Waals surface area contributed by atoms with Crippen molar-refractivity contribution in [3.8, 4) is 0 Å². The minimum Gasteiger partial charge on any atom is -0.481 e. The lowest BCUT2D eigenvalue weighted by molar-refractivity contribution is -0.136. The largest absolute Gasteiger partial charge is 0.481 e. The van der Waals surface area contributed by atoms with Gasteiger partial charge < -0.3 is 9.84 Å². The number of carbonyl (C=O) groups is 1. The Hall–Kier alpha value is -1.04. The highest BCUT2D eigenvalue weighted by Crippen LogP contribution is 2.21. The van der Waals surface area contributed by atoms with Crippen LogP contribution in [0.1, 0.15) is 12.5 Å². The highest BCUT2D eigenvalue weighted by atomic mass is 32.2. The van der Waals surface area contributed by atoms with E-state index in [0.29, 0.717) is 0 Å². The van der Waals surface area contributed by atoms with Gasteiger partial charge in [0.1, 0.15) is 0 Å². The third-order valence-electron chi connectivity index (χ3n) is 3.38. The van der Waals surface area contributed by atoms with Crippen LogP contribution < -0.4 is 0 Å². The maximum absolute atomic E-state index is 10.6. The molecule has 0 bridgehead atoms. The Morgan fingerprint density at radius 2 is 2.20 bits per heavy atom. The van der Waals surface area contributed by atoms with Gasteiger partial charge >= 0.3 is 5.97 Å². The molecule has 1 fully saturated rings. The zero-order valence-electron chi connectivity index (χ0n) is 11.7. The summed E-state index contributed by atoms with van der Waals surface area (Å²) in [6.45, 7) is 6.10. The molecule has 1 aliphatic heterocycles. The molecule has 1 heterocycles. The lowest BCUT2D eigenvalue weighted by Gasteiger charge is -2.31. The lowest BCUT2D eigenvalue weighted by atomic mass is 10.2. The number of carboxylic acids is 1. The summed E-state index contributed by atoms with van der Waals surface area (Å²) in [5, 5.41) is 8.73. The minimum absolute atomic E-state index is 0.0855. The molecule has 4 nitrogen and oxygen atoms in total. The molecule has 20 heavy (non-hydrogen) atoms. The van der Waals surface area contributed by atoms with Gasteiger partial charge in [-0.25, -0.2) is 0 Å². The van der Waals surface area contributed by atoms with Gasteiger partial charge in [0, 0.05) is 23.7 Å². The molecule has 0 saturated carbocycles. The molecular weight excluding hydrogens is 274 g/mol. The smallest absolute Gasteiger partial charge is 0.307 e. The number of carboxylic acid groups (broad SMARTS) is 1. The zero-order valence-corrected chi connectivity index (χ0v) is 12.6. The first-order valence-corrected chi connectivity index (χ1v) is 7.93. The van der Waals surface area contributed by atoms with Crippen molar-refractivity contribution in [3.63, 3.8) is 0 Å². The van der Waals surface area contributed by atoms with E-state index in [2.05, 4.69) is 11.8 Å². The molecule has 1 aromatic carbocycles. The fraction of sp³-hybridized carbons (Fsp3) is 0.533. The summed E-state index contributed by atoms with van der Waals surface area (Å²) in [6, 6.07) is 7.75. The summed E-state index contributed by atoms with van der Waals surface area (Å²) < 4.78 is 5.77. The number of nitrogens with zero attached hydrogens (tertiary/aromatic N) is 1. The van der Waals surface area contributed by atoms with Crippen molar-refractivity contribution in [2.45, 2.75) is 24.3 Å². The third kappa shape index (κ3) is 4.81. The van der Waals surface area contributed by atoms with E-state index in [1.54, 1.807) is 11.8 Å². The molecule has 1 N–H and O–H groups in total. The molecule has 0 spiro atoms. The molecule has 5 heteroatoms. The second kappa shape index (κ2) is 7.67. The van der Waals surface area contributed by atoms with Gasteiger partial charge in [-0.15, -0.1) is 11.8 Å². The molecule has 0 amide bonds. The number of hydrogen-bond acceptors (Lipinski definition) is 4. The first-order valence-electron chi connectivity index (χ1n) is 6.95. The Morgan fingerprint density at radius 3 is 2.85 bits per heavy atom. The van der Waals surface area contributed by atoms with Gasteiger partial charge in [-0.05, 0) is 24.2 Å². The Balaban J connectivity index is 1.80. The van der Waals surface area contributed by atoms with Crippen LogP contribution in [-0.4, -0.2) is 54.1 Å². The Labute approximate surface area is 124 Å². The molecule has 110 valence electrons. The maximum Gasteiger partial charge on any atom is 0.307 e. The van der Waals surface area contributed by atoms with Crippen molar-refractivity contribution < 1.29 is 14.6 Å². The van der Waals surface area contributed by atoms with Crippen LogP contribution in [0.15, 0.2) is 29.2 Å². The molecule has 1 aromatic rings. The average Bonchev–Trinajstić information content (AvgIpc) is 2.46. The number of thioether (sulfide) groups is 1. The fourth-order valence-corrected chi connectivity index (χ4v) is 3.14. The summed E-state index contributed by atoms with van der Waals surface area (Å²) in [6.07, 6.45) is 0.370. The van der Waals surface area contributed by atoms with Gasteiger partial charge in [0.05, 0.1) is 19.1 Å². The monoisotopic (exact) mass is 295 g/mol. The van der Waals surface area contributed by atoms with Gasteiger partial charge in [-0.3, -0.25) is 9.69 Å². The summed E-state index contributed by atoms with van der Waals surface area (Å²) in [7, 11) is 0. The second-order valence-corrected chi connectivity index (χ2v) is 6.00. The number of benzene rings is 1. The van der Waals surface area contributed by atoms with Crippen LogP contribution in [0.3, 0.4) is 0 Å². The van der Waals surface area contributed by atoms with Crippen LogP contribution in [0.2, 0.25) is 0 Å². The quantitative estimate of drug-likeness (QED) is 0.815. The summed E-state index contributed by atoms with van der Waals surface area (Å²) >= 11 is 1.77. The maximum atomic E-state index is 10.6. The average molecular weight is 295 g/mol. The summed E-state index contributed by atoms with van der Waals surface area (Å²) in [4.78, 5) is 14.2. The molecule has 0 aromatic heterocycles. The van der Waals surface area contributed by atoms with Crippen LogP contribution in [0.5, 0.6) is 0 Å². The van der Waals surface area contributed by atoms with E-state index in [-0.39, 0.29) is 12.5 Å². The van der Waals surface area contributed by atoms with E-state index in [1.807, 2.05) is 24.3 Å². The van der Waals surface area contributed by atoms with E-state index in [0.717, 1.165) is 42.5 Å². The number of ether oxygens (including phenoxy) is 1. The van der Waals surface area contributed by atoms with E-state index in [1.165, 1.54) is 0 Å². The standard InChI is InChI=1S/C15H21NO3S/c1-2-16-7-8-19-13(10-16)11-20-14-5-3-12(4-6-14)9-15(17)18/h3-6,13H,2,7-11H2,1H3,(H,17,18). The topological polar surface area (TPSA) is 49.8 Å². The number of hydrogen-bond donors (Lipinski definition) is 1. The van der Waals surface area contributed by atoms with E-state index >= 15 is 0 Å². The third-order valence-corrected chi connectivity index (χ3v) is 4.53. The van der Waals surface area contributed by atoms with Crippen LogP contribution in [0.4, 0.5) is 0 Å². The number of aliphatic carboxylic acids is 1. The predicted molar refractivity (Wildman–Crippen MR) is 80.4 cm³/mol. The van der Waals surface area contributed by atoms with E-state index in [9.17, 15) is 4.79 Å². The molecule has 2 rings (SSSR count). The highest BCUT2D eigenvalue weighted by Gasteiger charge is 2.19. The van der Waals surface area contributed by atoms with Crippen molar-refractivity contribution in [3.05, 3.63) is 29.8 Å². The summed E-state index contributed by atoms with van der Waals surface area (Å²) in [5.41, 5.74) is 0.841. The fourth-order valence-electron chi connectivity index (χ4n) is 2.24. The van der Waals surface area contributed by atoms with Gasteiger partial charge in [0.2, 0.25) is 0 Å². The minimum atomic E-state index is -0.791. The van der Waals surface area contributed by atoms with Crippen molar-refractivity contribution >= 4 is 17.7 Å². The van der Waals surface area contributed by atoms with E-state index in [4.69, 9.17) is 9.84 Å². The van der Waals surface area contributed by atoms with Gasteiger partial charge in [-0.1, -0.05) is 19.1 Å². The molecule has 1 saturated heterocycles. The van der Waals surface area contributed by atoms with Crippen molar-refractivity contribution in [2.75, 3.05) is 32.0 Å². The van der Waals surface area contributed by atoms with Crippen LogP contribution in [0.25, 0.3) is 0 Å². The summed E-state index contributed by atoms with van der Waals surface area (Å²) in [5.74, 6) is 0.148. The van der Waals surface area contributed by atoms with Crippen LogP contribution in [0, 0.1) is 0 Å². The molecule has 1 aliphatic rings. The molecule has 1 atom stereocenters. The first kappa shape index (κ1) is 15.4. The molecule has 0 radical (unpaired) electrons. The van der Waals surface area contributed by atoms with Crippen molar-refractivity contribution in [1.82, 2.24) is 4.90 Å². The van der Waals surface area contributed by atoms with Crippen molar-refractivity contribution in [1.29, 1.82) is 0 Å². The number of morpholine rings is 1. The van der Waals surface area contributed by atoms with Gasteiger partial charge in [0.15, 0.2) is 0 Å². The van der Waals surface area contributed by atoms with Crippen molar-refractivity contribution in [2.24, 2.45) is 0 Å². The predicted octanol–water partition coefficient (Wildman–Crippen LogP) is 2.13. The van der Waals surface area contributed by atoms with Gasteiger partial charge in [-0.2, -0.15) is 0 Å². The molecule has 0 aliphatic carbocycles. The SMILES string of the molecule is CCN1CCOC(CSc2ccc(CC(=O)O)cc2)C1.